The Labute approximate surface area is 358 Å². The van der Waals surface area contributed by atoms with E-state index in [2.05, 4.69) is 59.2 Å². The minimum Gasteiger partial charge on any atom is -0.341 e. The van der Waals surface area contributed by atoms with E-state index in [0.29, 0.717) is 25.9 Å². The second-order valence-electron chi connectivity index (χ2n) is 15.2. The minimum atomic E-state index is -0.735. The topological polar surface area (TPSA) is 125 Å². The van der Waals surface area contributed by atoms with Gasteiger partial charge in [-0.1, -0.05) is 123 Å². The van der Waals surface area contributed by atoms with Crippen molar-refractivity contribution in [1.82, 2.24) is 30.4 Å². The van der Waals surface area contributed by atoms with E-state index in [-0.39, 0.29) is 35.7 Å². The average molecular weight is 837 g/mol. The summed E-state index contributed by atoms with van der Waals surface area (Å²) in [7, 11) is 0. The summed E-state index contributed by atoms with van der Waals surface area (Å²) in [4.78, 5) is 68.3. The summed E-state index contributed by atoms with van der Waals surface area (Å²) in [6.45, 7) is 4.82. The molecule has 60 heavy (non-hydrogen) atoms. The highest BCUT2D eigenvalue weighted by Crippen LogP contribution is 2.41. The number of aromatic nitrogens is 2. The van der Waals surface area contributed by atoms with Crippen molar-refractivity contribution in [2.24, 2.45) is 0 Å². The maximum atomic E-state index is 14.0. The van der Waals surface area contributed by atoms with Crippen LogP contribution in [0.3, 0.4) is 0 Å². The molecule has 10 nitrogen and oxygen atoms in total. The largest absolute Gasteiger partial charge is 0.341 e. The van der Waals surface area contributed by atoms with Gasteiger partial charge in [0.05, 0.1) is 21.8 Å². The number of hydrogen-bond donors (Lipinski definition) is 2. The van der Waals surface area contributed by atoms with Gasteiger partial charge in [0.2, 0.25) is 23.6 Å². The van der Waals surface area contributed by atoms with E-state index < -0.39 is 12.1 Å². The number of nitrogens with zero attached hydrogens (tertiary/aromatic N) is 4. The molecular formula is C48H48N6O4S2. The van der Waals surface area contributed by atoms with Crippen LogP contribution in [0.1, 0.15) is 97.7 Å². The number of carbonyl (C=O) groups is 4. The van der Waals surface area contributed by atoms with Crippen LogP contribution in [0.5, 0.6) is 0 Å². The number of carbonyl (C=O) groups excluding carboxylic acids is 4. The third-order valence-electron chi connectivity index (χ3n) is 11.4. The Hall–Kier alpha value is -5.98. The van der Waals surface area contributed by atoms with Crippen LogP contribution in [-0.2, 0) is 19.2 Å². The van der Waals surface area contributed by atoms with Crippen molar-refractivity contribution in [3.05, 3.63) is 143 Å². The highest BCUT2D eigenvalue weighted by molar-refractivity contribution is 7.15. The molecule has 0 bridgehead atoms. The molecule has 6 aromatic rings. The Kier molecular flexibility index (Phi) is 12.6. The number of rotatable bonds is 13. The first-order valence-electron chi connectivity index (χ1n) is 20.7. The molecule has 2 aromatic heterocycles. The second kappa shape index (κ2) is 18.5. The molecule has 8 rings (SSSR count). The van der Waals surface area contributed by atoms with Crippen LogP contribution in [0.4, 0.5) is 0 Å². The average Bonchev–Trinajstić information content (AvgIpc) is 4.15. The predicted molar refractivity (Wildman–Crippen MR) is 237 cm³/mol. The summed E-state index contributed by atoms with van der Waals surface area (Å²) >= 11 is 3.22. The van der Waals surface area contributed by atoms with Gasteiger partial charge in [-0.3, -0.25) is 19.2 Å². The molecule has 2 saturated heterocycles. The molecule has 2 fully saturated rings. The molecule has 0 unspecified atom stereocenters. The summed E-state index contributed by atoms with van der Waals surface area (Å²) < 4.78 is 0. The first-order valence-corrected chi connectivity index (χ1v) is 22.4. The zero-order valence-corrected chi connectivity index (χ0v) is 35.4. The van der Waals surface area contributed by atoms with Crippen LogP contribution in [0.15, 0.2) is 122 Å². The second-order valence-corrected chi connectivity index (χ2v) is 17.3. The van der Waals surface area contributed by atoms with Crippen LogP contribution >= 0.6 is 22.7 Å². The molecule has 2 N–H and O–H groups in total. The number of benzene rings is 4. The van der Waals surface area contributed by atoms with E-state index in [1.807, 2.05) is 82.9 Å². The van der Waals surface area contributed by atoms with Gasteiger partial charge >= 0.3 is 0 Å². The van der Waals surface area contributed by atoms with Crippen molar-refractivity contribution >= 4 is 46.3 Å². The van der Waals surface area contributed by atoms with Gasteiger partial charge in [0.1, 0.15) is 22.1 Å². The first kappa shape index (κ1) is 40.8. The summed E-state index contributed by atoms with van der Waals surface area (Å²) in [5.74, 6) is -0.523. The van der Waals surface area contributed by atoms with E-state index in [9.17, 15) is 19.2 Å². The molecule has 4 amide bonds. The molecule has 0 spiro atoms. The first-order chi connectivity index (χ1) is 29.3. The molecular weight excluding hydrogens is 789 g/mol. The number of nitrogens with one attached hydrogen (secondary N) is 2. The Morgan fingerprint density at radius 3 is 1.30 bits per heavy atom. The maximum absolute atomic E-state index is 14.0. The van der Waals surface area contributed by atoms with Gasteiger partial charge in [0.15, 0.2) is 0 Å². The number of amides is 4. The van der Waals surface area contributed by atoms with Crippen molar-refractivity contribution < 1.29 is 19.2 Å². The van der Waals surface area contributed by atoms with Gasteiger partial charge in [-0.15, -0.1) is 22.7 Å². The lowest BCUT2D eigenvalue weighted by Gasteiger charge is -2.28. The molecule has 0 saturated carbocycles. The zero-order chi connectivity index (χ0) is 41.6. The van der Waals surface area contributed by atoms with E-state index in [1.54, 1.807) is 36.5 Å². The van der Waals surface area contributed by atoms with Crippen molar-refractivity contribution in [3.63, 3.8) is 0 Å². The Bertz CT molecular complexity index is 2260. The quantitative estimate of drug-likeness (QED) is 0.120. The lowest BCUT2D eigenvalue weighted by Crippen LogP contribution is -2.42. The molecule has 4 heterocycles. The molecule has 2 aliphatic rings. The van der Waals surface area contributed by atoms with Crippen LogP contribution in [0.25, 0.3) is 32.0 Å². The fourth-order valence-electron chi connectivity index (χ4n) is 8.10. The lowest BCUT2D eigenvalue weighted by molar-refractivity contribution is -0.137. The molecule has 0 aliphatic carbocycles. The summed E-state index contributed by atoms with van der Waals surface area (Å²) in [5.41, 5.74) is 5.86. The van der Waals surface area contributed by atoms with Gasteiger partial charge in [0.25, 0.3) is 0 Å². The van der Waals surface area contributed by atoms with E-state index in [0.717, 1.165) is 78.8 Å². The van der Waals surface area contributed by atoms with E-state index in [4.69, 9.17) is 9.97 Å². The molecule has 4 atom stereocenters. The fraction of sp³-hybridized carbons (Fsp3) is 0.292. The molecule has 0 radical (unpaired) electrons. The molecule has 4 aromatic carbocycles. The molecule has 2 aliphatic heterocycles. The molecule has 306 valence electrons. The predicted octanol–water partition coefficient (Wildman–Crippen LogP) is 9.46. The van der Waals surface area contributed by atoms with Crippen LogP contribution in [0, 0.1) is 0 Å². The zero-order valence-electron chi connectivity index (χ0n) is 33.8. The van der Waals surface area contributed by atoms with Crippen molar-refractivity contribution in [2.75, 3.05) is 13.1 Å². The highest BCUT2D eigenvalue weighted by atomic mass is 32.1. The SMILES string of the molecule is CCC(=O)N[C@@H](C(=O)N1CCC[C@H]1c1ncc(-c2ccc(-c3ccc(-c4cnc([C@@H]5CCCN5C(=O)[C@H](NC(=O)CC)c5ccccc5)s4)cc3)cc2)s1)c1ccccc1. The van der Waals surface area contributed by atoms with Crippen LogP contribution in [-0.4, -0.2) is 56.5 Å². The summed E-state index contributed by atoms with van der Waals surface area (Å²) in [6, 6.07) is 34.1. The van der Waals surface area contributed by atoms with Gasteiger partial charge in [0, 0.05) is 38.3 Å². The smallest absolute Gasteiger partial charge is 0.250 e. The fourth-order valence-corrected chi connectivity index (χ4v) is 10.2. The number of thiazole rings is 2. The highest BCUT2D eigenvalue weighted by Gasteiger charge is 2.38. The number of hydrogen-bond acceptors (Lipinski definition) is 8. The normalized spacial score (nSPS) is 17.3. The third kappa shape index (κ3) is 8.80. The monoisotopic (exact) mass is 836 g/mol. The lowest BCUT2D eigenvalue weighted by atomic mass is 10.0. The van der Waals surface area contributed by atoms with Crippen molar-refractivity contribution in [2.45, 2.75) is 76.5 Å². The Balaban J connectivity index is 0.928. The number of likely N-dealkylation sites (tertiary alicyclic amines) is 2. The van der Waals surface area contributed by atoms with Crippen molar-refractivity contribution in [3.8, 4) is 32.0 Å². The van der Waals surface area contributed by atoms with Gasteiger partial charge in [-0.25, -0.2) is 9.97 Å². The summed E-state index contributed by atoms with van der Waals surface area (Å²) in [6.07, 6.45) is 7.81. The minimum absolute atomic E-state index is 0.104. The summed E-state index contributed by atoms with van der Waals surface area (Å²) in [5, 5.41) is 7.71. The van der Waals surface area contributed by atoms with E-state index >= 15 is 0 Å². The van der Waals surface area contributed by atoms with Gasteiger partial charge in [-0.05, 0) is 59.1 Å². The standard InChI is InChI=1S/C48H48N6O4S2/c1-3-41(55)51-43(35-13-7-5-8-14-35)47(57)53-27-11-17-37(53)45-49-29-39(59-45)33-23-19-31(20-24-33)32-21-25-34(26-22-32)40-30-50-46(60-40)38-18-12-28-54(38)48(58)44(52-42(56)4-2)36-15-9-6-10-16-36/h5-10,13-16,19-26,29-30,37-38,43-44H,3-4,11-12,17-18,27-28H2,1-2H3,(H,51,55)(H,52,56)/t37-,38-,43+,44+/m0/s1. The van der Waals surface area contributed by atoms with Crippen molar-refractivity contribution in [1.29, 1.82) is 0 Å². The maximum Gasteiger partial charge on any atom is 0.250 e. The van der Waals surface area contributed by atoms with Gasteiger partial charge < -0.3 is 20.4 Å². The van der Waals surface area contributed by atoms with Gasteiger partial charge in [-0.2, -0.15) is 0 Å². The Morgan fingerprint density at radius 1 is 0.567 bits per heavy atom. The van der Waals surface area contributed by atoms with E-state index in [1.165, 1.54) is 0 Å². The third-order valence-corrected chi connectivity index (χ3v) is 13.7. The van der Waals surface area contributed by atoms with Crippen LogP contribution in [0.2, 0.25) is 0 Å². The molecule has 12 heteroatoms. The van der Waals surface area contributed by atoms with Crippen LogP contribution < -0.4 is 10.6 Å². The Morgan fingerprint density at radius 2 is 0.933 bits per heavy atom.